The van der Waals surface area contributed by atoms with E-state index in [4.69, 9.17) is 26.2 Å². The minimum Gasteiger partial charge on any atom is -0.394 e. The van der Waals surface area contributed by atoms with Gasteiger partial charge in [-0.25, -0.2) is 0 Å². The fourth-order valence-electron chi connectivity index (χ4n) is 0. The van der Waals surface area contributed by atoms with Gasteiger partial charge in [-0.15, -0.1) is 0 Å². The van der Waals surface area contributed by atoms with Crippen LogP contribution in [0.5, 0.6) is 0 Å². The Bertz CT molecular complexity index is 74.8. The molecule has 0 spiro atoms. The van der Waals surface area contributed by atoms with Crippen molar-refractivity contribution >= 4 is 14.5 Å². The Morgan fingerprint density at radius 1 is 1.00 bits per heavy atom. The topological polar surface area (TPSA) is 118 Å². The van der Waals surface area contributed by atoms with Crippen LogP contribution in [0.2, 0.25) is 0 Å². The first-order chi connectivity index (χ1) is 3.91. The van der Waals surface area contributed by atoms with E-state index in [2.05, 4.69) is 0 Å². The molecular formula is C2H9AsO6. The van der Waals surface area contributed by atoms with E-state index in [-0.39, 0.29) is 13.2 Å². The summed E-state index contributed by atoms with van der Waals surface area (Å²) in [6.45, 7) is -0.250. The summed E-state index contributed by atoms with van der Waals surface area (Å²) < 4.78 is 30.7. The van der Waals surface area contributed by atoms with Crippen LogP contribution in [0.1, 0.15) is 0 Å². The smallest absolute Gasteiger partial charge is 0.0662 e. The van der Waals surface area contributed by atoms with Gasteiger partial charge in [0.05, 0.1) is 13.2 Å². The molecule has 5 N–H and O–H groups in total. The van der Waals surface area contributed by atoms with Gasteiger partial charge in [0.15, 0.2) is 0 Å². The second-order valence-corrected chi connectivity index (χ2v) is 3.11. The molecule has 0 aromatic carbocycles. The third-order valence-electron chi connectivity index (χ3n) is 0.1000. The summed E-state index contributed by atoms with van der Waals surface area (Å²) in [5, 5.41) is 15.2. The summed E-state index contributed by atoms with van der Waals surface area (Å²) >= 11 is -5.12. The summed E-state index contributed by atoms with van der Waals surface area (Å²) in [4.78, 5) is 0. The number of aliphatic hydroxyl groups excluding tert-OH is 2. The van der Waals surface area contributed by atoms with Crippen molar-refractivity contribution in [2.75, 3.05) is 13.2 Å². The Labute approximate surface area is 54.7 Å². The van der Waals surface area contributed by atoms with Crippen LogP contribution >= 0.6 is 0 Å². The fraction of sp³-hybridized carbons (Fsp3) is 1.00. The van der Waals surface area contributed by atoms with Gasteiger partial charge in [-0.05, 0) is 0 Å². The zero-order valence-corrected chi connectivity index (χ0v) is 6.38. The van der Waals surface area contributed by atoms with Gasteiger partial charge in [0, 0.05) is 0 Å². The maximum absolute atomic E-state index is 8.94. The average molecular weight is 204 g/mol. The minimum atomic E-state index is -5.12. The summed E-state index contributed by atoms with van der Waals surface area (Å²) in [5.41, 5.74) is 0. The first kappa shape index (κ1) is 11.9. The maximum Gasteiger partial charge on any atom is 0.0662 e. The van der Waals surface area contributed by atoms with Crippen molar-refractivity contribution in [2.45, 2.75) is 0 Å². The van der Waals surface area contributed by atoms with Crippen LogP contribution in [0.4, 0.5) is 0 Å². The Morgan fingerprint density at radius 3 is 1.11 bits per heavy atom. The third-order valence-corrected chi connectivity index (χ3v) is 0.1000. The molecule has 0 aromatic heterocycles. The largest absolute Gasteiger partial charge is 0.394 e. The Balaban J connectivity index is 0. The van der Waals surface area contributed by atoms with E-state index in [9.17, 15) is 0 Å². The molecule has 0 radical (unpaired) electrons. The molecule has 0 unspecified atom stereocenters. The molecule has 0 rings (SSSR count). The summed E-state index contributed by atoms with van der Waals surface area (Å²) in [6, 6.07) is 0. The molecular weight excluding hydrogens is 195 g/mol. The molecule has 0 heterocycles. The quantitative estimate of drug-likeness (QED) is 0.287. The molecule has 0 aliphatic rings. The molecule has 0 aliphatic carbocycles. The van der Waals surface area contributed by atoms with Gasteiger partial charge >= 0.3 is 30.5 Å². The number of aliphatic hydroxyl groups is 2. The summed E-state index contributed by atoms with van der Waals surface area (Å²) in [7, 11) is 0. The zero-order valence-electron chi connectivity index (χ0n) is 4.51. The van der Waals surface area contributed by atoms with Crippen LogP contribution in [-0.2, 0) is 3.74 Å². The molecule has 0 saturated carbocycles. The van der Waals surface area contributed by atoms with Crippen LogP contribution in [0, 0.1) is 0 Å². The first-order valence-corrected chi connectivity index (χ1v) is 5.20. The van der Waals surface area contributed by atoms with E-state index in [0.717, 1.165) is 0 Å². The molecule has 58 valence electrons. The normalized spacial score (nSPS) is 9.89. The van der Waals surface area contributed by atoms with Crippen molar-refractivity contribution in [3.05, 3.63) is 0 Å². The van der Waals surface area contributed by atoms with Gasteiger partial charge in [0.2, 0.25) is 0 Å². The monoisotopic (exact) mass is 204 g/mol. The standard InChI is InChI=1S/C2H6O2.AsH3O4/c3-1-2-4;2-1(3,4)5/h3-4H,1-2H2;(H3,2,3,4,5). The van der Waals surface area contributed by atoms with E-state index < -0.39 is 14.5 Å². The molecule has 9 heavy (non-hydrogen) atoms. The van der Waals surface area contributed by atoms with E-state index in [0.29, 0.717) is 0 Å². The van der Waals surface area contributed by atoms with Crippen LogP contribution < -0.4 is 0 Å². The first-order valence-electron chi connectivity index (χ1n) is 1.92. The van der Waals surface area contributed by atoms with Gasteiger partial charge in [-0.1, -0.05) is 0 Å². The van der Waals surface area contributed by atoms with E-state index in [1.807, 2.05) is 0 Å². The fourth-order valence-corrected chi connectivity index (χ4v) is 0. The number of hydrogen-bond donors (Lipinski definition) is 5. The van der Waals surface area contributed by atoms with Gasteiger partial charge in [-0.3, -0.25) is 0 Å². The Kier molecular flexibility index (Phi) is 8.30. The Morgan fingerprint density at radius 2 is 1.11 bits per heavy atom. The predicted octanol–water partition coefficient (Wildman–Crippen LogP) is -3.20. The molecule has 7 heteroatoms. The number of hydrogen-bond acceptors (Lipinski definition) is 3. The van der Waals surface area contributed by atoms with E-state index >= 15 is 0 Å². The summed E-state index contributed by atoms with van der Waals surface area (Å²) in [5.74, 6) is 0. The SMILES string of the molecule is O=[As](O)(O)O.OCCO. The molecule has 0 fully saturated rings. The van der Waals surface area contributed by atoms with Crippen LogP contribution in [0.3, 0.4) is 0 Å². The van der Waals surface area contributed by atoms with Gasteiger partial charge in [0.25, 0.3) is 0 Å². The van der Waals surface area contributed by atoms with E-state index in [1.54, 1.807) is 0 Å². The average Bonchev–Trinajstić information content (AvgIpc) is 1.61. The van der Waals surface area contributed by atoms with Crippen LogP contribution in [0.15, 0.2) is 0 Å². The number of rotatable bonds is 1. The van der Waals surface area contributed by atoms with Crippen molar-refractivity contribution in [1.29, 1.82) is 0 Å². The van der Waals surface area contributed by atoms with Gasteiger partial charge in [0.1, 0.15) is 0 Å². The molecule has 6 nitrogen and oxygen atoms in total. The van der Waals surface area contributed by atoms with Crippen LogP contribution in [0.25, 0.3) is 0 Å². The van der Waals surface area contributed by atoms with Gasteiger partial charge in [-0.2, -0.15) is 0 Å². The van der Waals surface area contributed by atoms with Crippen molar-refractivity contribution in [1.82, 2.24) is 0 Å². The molecule has 0 aromatic rings. The van der Waals surface area contributed by atoms with Gasteiger partial charge < -0.3 is 10.2 Å². The third kappa shape index (κ3) is 231. The van der Waals surface area contributed by atoms with Crippen molar-refractivity contribution < 1.29 is 26.2 Å². The van der Waals surface area contributed by atoms with Crippen molar-refractivity contribution in [3.8, 4) is 0 Å². The molecule has 0 bridgehead atoms. The molecule has 0 atom stereocenters. The second kappa shape index (κ2) is 6.28. The van der Waals surface area contributed by atoms with Crippen molar-refractivity contribution in [3.63, 3.8) is 0 Å². The zero-order chi connectivity index (χ0) is 7.91. The summed E-state index contributed by atoms with van der Waals surface area (Å²) in [6.07, 6.45) is 0. The second-order valence-electron chi connectivity index (χ2n) is 0.960. The van der Waals surface area contributed by atoms with Crippen molar-refractivity contribution in [2.24, 2.45) is 0 Å². The van der Waals surface area contributed by atoms with Crippen LogP contribution in [-0.4, -0.2) is 50.2 Å². The minimum absolute atomic E-state index is 0.125. The van der Waals surface area contributed by atoms with E-state index in [1.165, 1.54) is 0 Å². The predicted molar refractivity (Wildman–Crippen MR) is 27.3 cm³/mol. The molecule has 0 aliphatic heterocycles. The maximum atomic E-state index is 8.94. The molecule has 0 amide bonds. The Hall–Kier alpha value is 0.158. The molecule has 0 saturated heterocycles.